The molecular weight excluding hydrogens is 234 g/mol. The number of β-amino-alcohol motifs (C(OH)–C–C–N with tert-alkyl or cyclic N) is 1. The van der Waals surface area contributed by atoms with E-state index in [0.29, 0.717) is 18.8 Å². The van der Waals surface area contributed by atoms with Gasteiger partial charge in [-0.3, -0.25) is 9.59 Å². The average Bonchev–Trinajstić information content (AvgIpc) is 2.34. The number of likely N-dealkylation sites (tertiary alicyclic amines) is 1. The van der Waals surface area contributed by atoms with E-state index in [1.807, 2.05) is 0 Å². The molecule has 6 heteroatoms. The SMILES string of the molecule is Cc1ccc(=O)n(CC(=O)N2CCCC(O)C2)n1. The molecular formula is C12H17N3O3. The van der Waals surface area contributed by atoms with Crippen molar-refractivity contribution in [3.8, 4) is 0 Å². The van der Waals surface area contributed by atoms with E-state index in [0.717, 1.165) is 12.8 Å². The molecule has 1 amide bonds. The van der Waals surface area contributed by atoms with Crippen molar-refractivity contribution in [1.82, 2.24) is 14.7 Å². The van der Waals surface area contributed by atoms with Gasteiger partial charge >= 0.3 is 0 Å². The second kappa shape index (κ2) is 5.30. The van der Waals surface area contributed by atoms with Gasteiger partial charge in [0.2, 0.25) is 5.91 Å². The maximum atomic E-state index is 12.0. The van der Waals surface area contributed by atoms with Gasteiger partial charge in [0.25, 0.3) is 5.56 Å². The minimum atomic E-state index is -0.454. The van der Waals surface area contributed by atoms with Crippen LogP contribution in [0.25, 0.3) is 0 Å². The zero-order valence-corrected chi connectivity index (χ0v) is 10.4. The fourth-order valence-corrected chi connectivity index (χ4v) is 2.07. The first kappa shape index (κ1) is 12.8. The van der Waals surface area contributed by atoms with Crippen LogP contribution in [0.4, 0.5) is 0 Å². The lowest BCUT2D eigenvalue weighted by Crippen LogP contribution is -2.44. The van der Waals surface area contributed by atoms with Gasteiger partial charge in [-0.1, -0.05) is 0 Å². The van der Waals surface area contributed by atoms with Gasteiger partial charge in [0, 0.05) is 19.2 Å². The van der Waals surface area contributed by atoms with Crippen molar-refractivity contribution in [1.29, 1.82) is 0 Å². The Hall–Kier alpha value is -1.69. The van der Waals surface area contributed by atoms with Gasteiger partial charge in [-0.05, 0) is 25.8 Å². The first-order valence-corrected chi connectivity index (χ1v) is 6.07. The summed E-state index contributed by atoms with van der Waals surface area (Å²) in [6.07, 6.45) is 1.07. The molecule has 1 saturated heterocycles. The number of nitrogens with zero attached hydrogens (tertiary/aromatic N) is 3. The highest BCUT2D eigenvalue weighted by atomic mass is 16.3. The Morgan fingerprint density at radius 3 is 3.06 bits per heavy atom. The third kappa shape index (κ3) is 2.95. The lowest BCUT2D eigenvalue weighted by Gasteiger charge is -2.30. The van der Waals surface area contributed by atoms with E-state index >= 15 is 0 Å². The van der Waals surface area contributed by atoms with Gasteiger partial charge in [0.1, 0.15) is 6.54 Å². The van der Waals surface area contributed by atoms with Crippen molar-refractivity contribution in [2.75, 3.05) is 13.1 Å². The molecule has 1 aromatic heterocycles. The number of aliphatic hydroxyl groups excluding tert-OH is 1. The lowest BCUT2D eigenvalue weighted by molar-refractivity contribution is -0.135. The monoisotopic (exact) mass is 251 g/mol. The number of aryl methyl sites for hydroxylation is 1. The summed E-state index contributed by atoms with van der Waals surface area (Å²) in [5, 5.41) is 13.5. The van der Waals surface area contributed by atoms with Crippen LogP contribution in [0.2, 0.25) is 0 Å². The van der Waals surface area contributed by atoms with Crippen LogP contribution in [-0.2, 0) is 11.3 Å². The molecule has 1 aromatic rings. The number of aliphatic hydroxyl groups is 1. The van der Waals surface area contributed by atoms with Crippen LogP contribution in [0.1, 0.15) is 18.5 Å². The standard InChI is InChI=1S/C12H17N3O3/c1-9-4-5-11(17)15(13-9)8-12(18)14-6-2-3-10(16)7-14/h4-5,10,16H,2-3,6-8H2,1H3. The first-order valence-electron chi connectivity index (χ1n) is 6.07. The van der Waals surface area contributed by atoms with Crippen molar-refractivity contribution < 1.29 is 9.90 Å². The largest absolute Gasteiger partial charge is 0.391 e. The van der Waals surface area contributed by atoms with Crippen LogP contribution < -0.4 is 5.56 Å². The van der Waals surface area contributed by atoms with Gasteiger partial charge in [0.15, 0.2) is 0 Å². The Labute approximate surface area is 105 Å². The van der Waals surface area contributed by atoms with Gasteiger partial charge < -0.3 is 10.0 Å². The van der Waals surface area contributed by atoms with E-state index in [9.17, 15) is 14.7 Å². The van der Waals surface area contributed by atoms with Crippen molar-refractivity contribution >= 4 is 5.91 Å². The van der Waals surface area contributed by atoms with Gasteiger partial charge in [-0.2, -0.15) is 5.10 Å². The zero-order valence-electron chi connectivity index (χ0n) is 10.4. The Morgan fingerprint density at radius 2 is 2.33 bits per heavy atom. The number of amides is 1. The molecule has 0 spiro atoms. The first-order chi connectivity index (χ1) is 8.56. The summed E-state index contributed by atoms with van der Waals surface area (Å²) in [7, 11) is 0. The van der Waals surface area contributed by atoms with Crippen molar-refractivity contribution in [2.45, 2.75) is 32.4 Å². The van der Waals surface area contributed by atoms with Gasteiger partial charge in [-0.25, -0.2) is 4.68 Å². The van der Waals surface area contributed by atoms with E-state index in [4.69, 9.17) is 0 Å². The molecule has 1 fully saturated rings. The van der Waals surface area contributed by atoms with E-state index in [-0.39, 0.29) is 18.0 Å². The smallest absolute Gasteiger partial charge is 0.267 e. The van der Waals surface area contributed by atoms with Crippen LogP contribution in [0.3, 0.4) is 0 Å². The predicted octanol–water partition coefficient (Wildman–Crippen LogP) is -0.465. The van der Waals surface area contributed by atoms with Crippen LogP contribution in [0, 0.1) is 6.92 Å². The van der Waals surface area contributed by atoms with E-state index in [1.54, 1.807) is 17.9 Å². The lowest BCUT2D eigenvalue weighted by atomic mass is 10.1. The van der Waals surface area contributed by atoms with E-state index < -0.39 is 6.10 Å². The minimum Gasteiger partial charge on any atom is -0.391 e. The second-order valence-corrected chi connectivity index (χ2v) is 4.61. The Kier molecular flexibility index (Phi) is 3.76. The summed E-state index contributed by atoms with van der Waals surface area (Å²) >= 11 is 0. The summed E-state index contributed by atoms with van der Waals surface area (Å²) in [4.78, 5) is 25.1. The minimum absolute atomic E-state index is 0.0623. The number of hydrogen-bond donors (Lipinski definition) is 1. The normalized spacial score (nSPS) is 19.9. The Morgan fingerprint density at radius 1 is 1.56 bits per heavy atom. The number of rotatable bonds is 2. The summed E-state index contributed by atoms with van der Waals surface area (Å²) in [5.41, 5.74) is 0.410. The summed E-state index contributed by atoms with van der Waals surface area (Å²) in [5.74, 6) is -0.172. The number of piperidine rings is 1. The molecule has 6 nitrogen and oxygen atoms in total. The maximum absolute atomic E-state index is 12.0. The maximum Gasteiger partial charge on any atom is 0.267 e. The third-order valence-corrected chi connectivity index (χ3v) is 3.03. The highest BCUT2D eigenvalue weighted by Gasteiger charge is 2.22. The van der Waals surface area contributed by atoms with E-state index in [2.05, 4.69) is 5.10 Å². The molecule has 2 heterocycles. The number of hydrogen-bond acceptors (Lipinski definition) is 4. The van der Waals surface area contributed by atoms with Gasteiger partial charge in [-0.15, -0.1) is 0 Å². The number of aromatic nitrogens is 2. The van der Waals surface area contributed by atoms with Crippen molar-refractivity contribution in [2.24, 2.45) is 0 Å². The molecule has 0 radical (unpaired) electrons. The second-order valence-electron chi connectivity index (χ2n) is 4.61. The quantitative estimate of drug-likeness (QED) is 0.771. The number of carbonyl (C=O) groups is 1. The van der Waals surface area contributed by atoms with Crippen LogP contribution in [0.15, 0.2) is 16.9 Å². The topological polar surface area (TPSA) is 75.4 Å². The molecule has 0 aliphatic carbocycles. The highest BCUT2D eigenvalue weighted by molar-refractivity contribution is 5.76. The van der Waals surface area contributed by atoms with Crippen LogP contribution in [-0.4, -0.2) is 44.9 Å². The summed E-state index contributed by atoms with van der Waals surface area (Å²) < 4.78 is 1.17. The van der Waals surface area contributed by atoms with Gasteiger partial charge in [0.05, 0.1) is 11.8 Å². The highest BCUT2D eigenvalue weighted by Crippen LogP contribution is 2.10. The third-order valence-electron chi connectivity index (χ3n) is 3.03. The molecule has 1 unspecified atom stereocenters. The predicted molar refractivity (Wildman–Crippen MR) is 65.1 cm³/mol. The molecule has 1 aliphatic heterocycles. The summed E-state index contributed by atoms with van der Waals surface area (Å²) in [6.45, 7) is 2.69. The molecule has 98 valence electrons. The molecule has 1 aliphatic rings. The molecule has 0 bridgehead atoms. The molecule has 1 atom stereocenters. The molecule has 0 aromatic carbocycles. The average molecular weight is 251 g/mol. The van der Waals surface area contributed by atoms with Crippen molar-refractivity contribution in [3.63, 3.8) is 0 Å². The molecule has 0 saturated carbocycles. The molecule has 1 N–H and O–H groups in total. The fraction of sp³-hybridized carbons (Fsp3) is 0.583. The van der Waals surface area contributed by atoms with Crippen molar-refractivity contribution in [3.05, 3.63) is 28.2 Å². The van der Waals surface area contributed by atoms with Crippen LogP contribution >= 0.6 is 0 Å². The van der Waals surface area contributed by atoms with Crippen LogP contribution in [0.5, 0.6) is 0 Å². The fourth-order valence-electron chi connectivity index (χ4n) is 2.07. The van der Waals surface area contributed by atoms with E-state index in [1.165, 1.54) is 10.7 Å². The molecule has 18 heavy (non-hydrogen) atoms. The Balaban J connectivity index is 2.06. The zero-order chi connectivity index (χ0) is 13.1. The summed E-state index contributed by atoms with van der Waals surface area (Å²) in [6, 6.07) is 3.02. The number of carbonyl (C=O) groups excluding carboxylic acids is 1. The Bertz CT molecular complexity index is 498. The molecule has 2 rings (SSSR count).